The topological polar surface area (TPSA) is 66.9 Å². The Bertz CT molecular complexity index is 848. The zero-order chi connectivity index (χ0) is 16.5. The molecule has 8 heteroatoms. The van der Waals surface area contributed by atoms with Gasteiger partial charge in [0.05, 0.1) is 22.4 Å². The molecule has 3 heterocycles. The molecule has 6 nitrogen and oxygen atoms in total. The first-order valence-corrected chi connectivity index (χ1v) is 8.47. The highest BCUT2D eigenvalue weighted by Crippen LogP contribution is 2.34. The van der Waals surface area contributed by atoms with Crippen LogP contribution in [0, 0.1) is 0 Å². The number of hydrogen-bond acceptors (Lipinski definition) is 5. The molecule has 3 aromatic rings. The highest BCUT2D eigenvalue weighted by molar-refractivity contribution is 6.37. The third kappa shape index (κ3) is 2.76. The van der Waals surface area contributed by atoms with E-state index in [1.165, 1.54) is 0 Å². The van der Waals surface area contributed by atoms with Crippen LogP contribution in [0.25, 0.3) is 11.2 Å². The van der Waals surface area contributed by atoms with E-state index in [4.69, 9.17) is 27.9 Å². The molecule has 1 N–H and O–H groups in total. The number of nitrogens with one attached hydrogen (secondary N) is 1. The number of H-pyrrole nitrogens is 1. The Kier molecular flexibility index (Phi) is 4.16. The molecule has 0 spiro atoms. The van der Waals surface area contributed by atoms with Crippen molar-refractivity contribution in [2.45, 2.75) is 18.9 Å². The molecule has 0 saturated carbocycles. The summed E-state index contributed by atoms with van der Waals surface area (Å²) >= 11 is 12.3. The van der Waals surface area contributed by atoms with Crippen molar-refractivity contribution < 1.29 is 4.74 Å². The molecule has 2 aromatic heterocycles. The number of benzene rings is 1. The van der Waals surface area contributed by atoms with Gasteiger partial charge in [0.15, 0.2) is 17.2 Å². The van der Waals surface area contributed by atoms with Crippen molar-refractivity contribution in [1.82, 2.24) is 19.9 Å². The fourth-order valence-corrected chi connectivity index (χ4v) is 3.56. The van der Waals surface area contributed by atoms with Crippen LogP contribution in [-0.2, 0) is 0 Å². The molecule has 1 atom stereocenters. The second kappa shape index (κ2) is 6.45. The van der Waals surface area contributed by atoms with E-state index in [0.29, 0.717) is 28.0 Å². The number of halogens is 2. The normalized spacial score (nSPS) is 17.6. The lowest BCUT2D eigenvalue weighted by atomic mass is 10.2. The minimum atomic E-state index is 0.193. The van der Waals surface area contributed by atoms with Crippen molar-refractivity contribution in [2.75, 3.05) is 18.1 Å². The van der Waals surface area contributed by atoms with Gasteiger partial charge in [-0.05, 0) is 25.0 Å². The highest BCUT2D eigenvalue weighted by atomic mass is 35.5. The lowest BCUT2D eigenvalue weighted by Crippen LogP contribution is -2.35. The van der Waals surface area contributed by atoms with Crippen LogP contribution in [0.3, 0.4) is 0 Å². The third-order valence-corrected chi connectivity index (χ3v) is 4.79. The lowest BCUT2D eigenvalue weighted by Gasteiger charge is -2.26. The van der Waals surface area contributed by atoms with Crippen molar-refractivity contribution >= 4 is 40.2 Å². The van der Waals surface area contributed by atoms with Gasteiger partial charge in [-0.2, -0.15) is 0 Å². The smallest absolute Gasteiger partial charge is 0.182 e. The molecule has 1 aliphatic rings. The molecule has 24 heavy (non-hydrogen) atoms. The van der Waals surface area contributed by atoms with Gasteiger partial charge >= 0.3 is 0 Å². The van der Waals surface area contributed by atoms with Crippen LogP contribution in [-0.4, -0.2) is 39.1 Å². The number of nitrogens with zero attached hydrogens (tertiary/aromatic N) is 4. The molecule has 0 amide bonds. The maximum atomic E-state index is 6.17. The molecule has 1 fully saturated rings. The Hall–Kier alpha value is -2.05. The Morgan fingerprint density at radius 3 is 2.88 bits per heavy atom. The molecule has 1 aliphatic heterocycles. The fourth-order valence-electron chi connectivity index (χ4n) is 3.06. The van der Waals surface area contributed by atoms with Gasteiger partial charge in [0.2, 0.25) is 0 Å². The highest BCUT2D eigenvalue weighted by Gasteiger charge is 2.28. The van der Waals surface area contributed by atoms with Crippen LogP contribution in [0.1, 0.15) is 12.8 Å². The molecule has 124 valence electrons. The molecule has 0 aliphatic carbocycles. The number of rotatable bonds is 4. The van der Waals surface area contributed by atoms with Crippen molar-refractivity contribution in [1.29, 1.82) is 0 Å². The number of fused-ring (bicyclic) bond motifs is 1. The summed E-state index contributed by atoms with van der Waals surface area (Å²) in [7, 11) is 0. The zero-order valence-corrected chi connectivity index (χ0v) is 14.3. The number of ether oxygens (including phenoxy) is 1. The minimum absolute atomic E-state index is 0.193. The third-order valence-electron chi connectivity index (χ3n) is 4.19. The number of para-hydroxylation sites is 1. The van der Waals surface area contributed by atoms with E-state index in [0.717, 1.165) is 30.7 Å². The summed E-state index contributed by atoms with van der Waals surface area (Å²) in [5.41, 5.74) is 1.51. The summed E-state index contributed by atoms with van der Waals surface area (Å²) in [6, 6.07) is 5.54. The summed E-state index contributed by atoms with van der Waals surface area (Å²) < 4.78 is 5.92. The predicted octanol–water partition coefficient (Wildman–Crippen LogP) is 3.71. The maximum Gasteiger partial charge on any atom is 0.182 e. The van der Waals surface area contributed by atoms with Gasteiger partial charge in [0.25, 0.3) is 0 Å². The average Bonchev–Trinajstić information content (AvgIpc) is 3.23. The van der Waals surface area contributed by atoms with Crippen LogP contribution >= 0.6 is 23.2 Å². The Morgan fingerprint density at radius 1 is 1.21 bits per heavy atom. The van der Waals surface area contributed by atoms with Crippen LogP contribution < -0.4 is 9.64 Å². The van der Waals surface area contributed by atoms with E-state index in [1.54, 1.807) is 30.9 Å². The number of imidazole rings is 1. The van der Waals surface area contributed by atoms with Crippen molar-refractivity contribution in [3.05, 3.63) is 40.9 Å². The van der Waals surface area contributed by atoms with E-state index < -0.39 is 0 Å². The van der Waals surface area contributed by atoms with Gasteiger partial charge in [-0.3, -0.25) is 0 Å². The second-order valence-corrected chi connectivity index (χ2v) is 6.46. The largest absolute Gasteiger partial charge is 0.488 e. The predicted molar refractivity (Wildman–Crippen MR) is 94.0 cm³/mol. The summed E-state index contributed by atoms with van der Waals surface area (Å²) in [6.45, 7) is 1.40. The summed E-state index contributed by atoms with van der Waals surface area (Å²) in [6.07, 6.45) is 5.26. The molecule has 0 unspecified atom stereocenters. The standard InChI is InChI=1S/C16H15Cl2N5O/c17-11-4-1-5-12(18)14(11)24-7-10-3-2-6-23(10)16-13-15(20-8-19-13)21-9-22-16/h1,4-5,8-10H,2-3,6-7H2,(H,19,20,21,22)/t10-/m1/s1. The summed E-state index contributed by atoms with van der Waals surface area (Å²) in [5, 5.41) is 1.04. The fraction of sp³-hybridized carbons (Fsp3) is 0.312. The lowest BCUT2D eigenvalue weighted by molar-refractivity contribution is 0.288. The van der Waals surface area contributed by atoms with Crippen LogP contribution in [0.5, 0.6) is 5.75 Å². The first-order chi connectivity index (χ1) is 11.7. The van der Waals surface area contributed by atoms with Crippen molar-refractivity contribution in [2.24, 2.45) is 0 Å². The average molecular weight is 364 g/mol. The zero-order valence-electron chi connectivity index (χ0n) is 12.7. The Balaban J connectivity index is 1.56. The number of aromatic amines is 1. The summed E-state index contributed by atoms with van der Waals surface area (Å²) in [5.74, 6) is 1.39. The van der Waals surface area contributed by atoms with E-state index in [1.807, 2.05) is 0 Å². The quantitative estimate of drug-likeness (QED) is 0.765. The molecule has 1 saturated heterocycles. The molecule has 0 bridgehead atoms. The maximum absolute atomic E-state index is 6.17. The summed E-state index contributed by atoms with van der Waals surface area (Å²) in [4.78, 5) is 18.1. The second-order valence-electron chi connectivity index (χ2n) is 5.65. The molecule has 1 aromatic carbocycles. The van der Waals surface area contributed by atoms with Gasteiger partial charge < -0.3 is 14.6 Å². The van der Waals surface area contributed by atoms with Crippen molar-refractivity contribution in [3.8, 4) is 5.75 Å². The van der Waals surface area contributed by atoms with Gasteiger partial charge in [-0.15, -0.1) is 0 Å². The SMILES string of the molecule is Clc1cccc(Cl)c1OC[C@H]1CCCN1c1ncnc2nc[nH]c12. The molecular formula is C16H15Cl2N5O. The van der Waals surface area contributed by atoms with E-state index in [2.05, 4.69) is 24.8 Å². The molecule has 4 rings (SSSR count). The minimum Gasteiger partial charge on any atom is -0.488 e. The van der Waals surface area contributed by atoms with E-state index in [-0.39, 0.29) is 6.04 Å². The van der Waals surface area contributed by atoms with Gasteiger partial charge in [0, 0.05) is 6.54 Å². The monoisotopic (exact) mass is 363 g/mol. The first-order valence-electron chi connectivity index (χ1n) is 7.71. The van der Waals surface area contributed by atoms with Crippen molar-refractivity contribution in [3.63, 3.8) is 0 Å². The van der Waals surface area contributed by atoms with E-state index in [9.17, 15) is 0 Å². The van der Waals surface area contributed by atoms with Gasteiger partial charge in [-0.25, -0.2) is 15.0 Å². The van der Waals surface area contributed by atoms with Crippen LogP contribution in [0.4, 0.5) is 5.82 Å². The Morgan fingerprint density at radius 2 is 2.04 bits per heavy atom. The molecular weight excluding hydrogens is 349 g/mol. The van der Waals surface area contributed by atoms with Gasteiger partial charge in [-0.1, -0.05) is 29.3 Å². The van der Waals surface area contributed by atoms with Gasteiger partial charge in [0.1, 0.15) is 18.5 Å². The van der Waals surface area contributed by atoms with Crippen LogP contribution in [0.2, 0.25) is 10.0 Å². The Labute approximate surface area is 148 Å². The number of hydrogen-bond donors (Lipinski definition) is 1. The molecule has 0 radical (unpaired) electrons. The number of anilines is 1. The van der Waals surface area contributed by atoms with E-state index >= 15 is 0 Å². The number of aromatic nitrogens is 4. The first kappa shape index (κ1) is 15.5. The van der Waals surface area contributed by atoms with Crippen LogP contribution in [0.15, 0.2) is 30.9 Å².